The molecule has 3 aromatic rings. The van der Waals surface area contributed by atoms with E-state index in [9.17, 15) is 4.79 Å². The fourth-order valence-electron chi connectivity index (χ4n) is 3.31. The highest BCUT2D eigenvalue weighted by Gasteiger charge is 2.32. The van der Waals surface area contributed by atoms with Crippen LogP contribution in [0.1, 0.15) is 31.2 Å². The van der Waals surface area contributed by atoms with Crippen molar-refractivity contribution in [2.75, 3.05) is 11.9 Å². The number of piperidine rings is 1. The van der Waals surface area contributed by atoms with Crippen molar-refractivity contribution in [2.24, 2.45) is 0 Å². The van der Waals surface area contributed by atoms with Gasteiger partial charge in [0.1, 0.15) is 6.04 Å². The van der Waals surface area contributed by atoms with Gasteiger partial charge in [-0.2, -0.15) is 4.98 Å². The highest BCUT2D eigenvalue weighted by Crippen LogP contribution is 2.32. The second kappa shape index (κ2) is 8.20. The van der Waals surface area contributed by atoms with Crippen molar-refractivity contribution >= 4 is 34.9 Å². The van der Waals surface area contributed by atoms with Crippen molar-refractivity contribution in [3.63, 3.8) is 0 Å². The molecular formula is C20H18Cl2N4O2. The maximum Gasteiger partial charge on any atom is 0.322 e. The first-order chi connectivity index (χ1) is 13.6. The molecule has 1 unspecified atom stereocenters. The van der Waals surface area contributed by atoms with Gasteiger partial charge in [0.25, 0.3) is 0 Å². The molecule has 144 valence electrons. The molecule has 1 atom stereocenters. The van der Waals surface area contributed by atoms with Crippen LogP contribution in [0.5, 0.6) is 0 Å². The average molecular weight is 417 g/mol. The summed E-state index contributed by atoms with van der Waals surface area (Å²) in [5.74, 6) is 0.884. The Labute approximate surface area is 172 Å². The number of amides is 2. The first kappa shape index (κ1) is 18.8. The lowest BCUT2D eigenvalue weighted by Crippen LogP contribution is -2.41. The zero-order valence-corrected chi connectivity index (χ0v) is 16.5. The molecule has 4 rings (SSSR count). The topological polar surface area (TPSA) is 71.3 Å². The van der Waals surface area contributed by atoms with E-state index >= 15 is 0 Å². The Morgan fingerprint density at radius 3 is 2.68 bits per heavy atom. The van der Waals surface area contributed by atoms with Gasteiger partial charge in [0.15, 0.2) is 0 Å². The average Bonchev–Trinajstić information content (AvgIpc) is 3.18. The molecule has 1 N–H and O–H groups in total. The normalized spacial score (nSPS) is 16.8. The Kier molecular flexibility index (Phi) is 5.50. The number of hydrogen-bond acceptors (Lipinski definition) is 4. The van der Waals surface area contributed by atoms with E-state index in [0.717, 1.165) is 24.8 Å². The van der Waals surface area contributed by atoms with Gasteiger partial charge < -0.3 is 14.7 Å². The number of halogens is 2. The van der Waals surface area contributed by atoms with E-state index in [-0.39, 0.29) is 12.1 Å². The number of hydrogen-bond donors (Lipinski definition) is 1. The summed E-state index contributed by atoms with van der Waals surface area (Å²) in [4.78, 5) is 19.1. The van der Waals surface area contributed by atoms with Gasteiger partial charge in [0.2, 0.25) is 11.7 Å². The number of likely N-dealkylation sites (tertiary alicyclic amines) is 1. The lowest BCUT2D eigenvalue weighted by atomic mass is 10.0. The van der Waals surface area contributed by atoms with Crippen LogP contribution in [0.25, 0.3) is 11.4 Å². The summed E-state index contributed by atoms with van der Waals surface area (Å²) in [5.41, 5.74) is 1.42. The van der Waals surface area contributed by atoms with Crippen LogP contribution in [-0.4, -0.2) is 27.6 Å². The van der Waals surface area contributed by atoms with Crippen LogP contribution in [0.2, 0.25) is 10.0 Å². The first-order valence-corrected chi connectivity index (χ1v) is 9.78. The molecule has 2 heterocycles. The van der Waals surface area contributed by atoms with E-state index in [1.807, 2.05) is 12.1 Å². The highest BCUT2D eigenvalue weighted by atomic mass is 35.5. The number of anilines is 1. The van der Waals surface area contributed by atoms with Crippen LogP contribution in [0.15, 0.2) is 53.1 Å². The number of nitrogens with zero attached hydrogens (tertiary/aromatic N) is 3. The molecule has 6 nitrogen and oxygen atoms in total. The molecule has 8 heteroatoms. The van der Waals surface area contributed by atoms with Gasteiger partial charge in [0, 0.05) is 27.8 Å². The van der Waals surface area contributed by atoms with Gasteiger partial charge in [-0.05, 0) is 49.6 Å². The van der Waals surface area contributed by atoms with Crippen LogP contribution in [0, 0.1) is 0 Å². The molecule has 1 aromatic heterocycles. The summed E-state index contributed by atoms with van der Waals surface area (Å²) in [6.07, 6.45) is 2.68. The summed E-state index contributed by atoms with van der Waals surface area (Å²) in [6.45, 7) is 0.617. The quantitative estimate of drug-likeness (QED) is 0.585. The van der Waals surface area contributed by atoms with Gasteiger partial charge in [-0.15, -0.1) is 0 Å². The molecule has 1 aliphatic heterocycles. The fourth-order valence-corrected chi connectivity index (χ4v) is 3.69. The Morgan fingerprint density at radius 2 is 1.89 bits per heavy atom. The molecule has 0 radical (unpaired) electrons. The van der Waals surface area contributed by atoms with Crippen molar-refractivity contribution in [1.29, 1.82) is 0 Å². The summed E-state index contributed by atoms with van der Waals surface area (Å²) in [5, 5.41) is 8.13. The molecule has 1 fully saturated rings. The second-order valence-corrected chi connectivity index (χ2v) is 7.48. The fraction of sp³-hybridized carbons (Fsp3) is 0.250. The Bertz CT molecular complexity index is 992. The smallest absolute Gasteiger partial charge is 0.322 e. The van der Waals surface area contributed by atoms with Crippen LogP contribution < -0.4 is 5.32 Å². The highest BCUT2D eigenvalue weighted by molar-refractivity contribution is 6.31. The minimum Gasteiger partial charge on any atom is -0.337 e. The molecular weight excluding hydrogens is 399 g/mol. The first-order valence-electron chi connectivity index (χ1n) is 9.03. The summed E-state index contributed by atoms with van der Waals surface area (Å²) >= 11 is 12.0. The number of aromatic nitrogens is 2. The SMILES string of the molecule is O=C(Nc1cccc(Cl)c1)N1CCCCC1c1nc(-c2cccc(Cl)c2)no1. The number of urea groups is 1. The van der Waals surface area contributed by atoms with Gasteiger partial charge in [-0.1, -0.05) is 46.6 Å². The van der Waals surface area contributed by atoms with Crippen molar-refractivity contribution in [3.05, 3.63) is 64.5 Å². The zero-order chi connectivity index (χ0) is 19.5. The summed E-state index contributed by atoms with van der Waals surface area (Å²) < 4.78 is 5.50. The molecule has 0 aliphatic carbocycles. The van der Waals surface area contributed by atoms with Crippen molar-refractivity contribution in [1.82, 2.24) is 15.0 Å². The third kappa shape index (κ3) is 4.13. The lowest BCUT2D eigenvalue weighted by Gasteiger charge is -2.33. The second-order valence-electron chi connectivity index (χ2n) is 6.61. The summed E-state index contributed by atoms with van der Waals surface area (Å²) in [7, 11) is 0. The van der Waals surface area contributed by atoms with Crippen molar-refractivity contribution < 1.29 is 9.32 Å². The maximum atomic E-state index is 12.8. The van der Waals surface area contributed by atoms with Gasteiger partial charge in [-0.3, -0.25) is 0 Å². The van der Waals surface area contributed by atoms with Crippen LogP contribution >= 0.6 is 23.2 Å². The van der Waals surface area contributed by atoms with Gasteiger partial charge in [-0.25, -0.2) is 4.79 Å². The number of nitrogens with one attached hydrogen (secondary N) is 1. The van der Waals surface area contributed by atoms with Crippen LogP contribution in [0.3, 0.4) is 0 Å². The molecule has 2 aromatic carbocycles. The van der Waals surface area contributed by atoms with E-state index in [0.29, 0.717) is 34.0 Å². The lowest BCUT2D eigenvalue weighted by molar-refractivity contribution is 0.142. The largest absolute Gasteiger partial charge is 0.337 e. The van der Waals surface area contributed by atoms with E-state index in [1.54, 1.807) is 41.3 Å². The molecule has 0 spiro atoms. The van der Waals surface area contributed by atoms with Crippen molar-refractivity contribution in [2.45, 2.75) is 25.3 Å². The molecule has 2 amide bonds. The third-order valence-corrected chi connectivity index (χ3v) is 5.12. The zero-order valence-electron chi connectivity index (χ0n) is 14.9. The number of carbonyl (C=O) groups is 1. The maximum absolute atomic E-state index is 12.8. The Hall–Kier alpha value is -2.57. The number of carbonyl (C=O) groups excluding carboxylic acids is 1. The Balaban J connectivity index is 1.55. The summed E-state index contributed by atoms with van der Waals surface area (Å²) in [6, 6.07) is 13.8. The van der Waals surface area contributed by atoms with E-state index in [1.165, 1.54) is 0 Å². The van der Waals surface area contributed by atoms with E-state index in [4.69, 9.17) is 27.7 Å². The standard InChI is InChI=1S/C20H18Cl2N4O2/c21-14-6-3-5-13(11-14)18-24-19(28-25-18)17-9-1-2-10-26(17)20(27)23-16-8-4-7-15(22)12-16/h3-8,11-12,17H,1-2,9-10H2,(H,23,27). The molecule has 1 saturated heterocycles. The van der Waals surface area contributed by atoms with E-state index < -0.39 is 0 Å². The molecule has 0 saturated carbocycles. The molecule has 28 heavy (non-hydrogen) atoms. The minimum absolute atomic E-state index is 0.213. The molecule has 0 bridgehead atoms. The van der Waals surface area contributed by atoms with Crippen LogP contribution in [-0.2, 0) is 0 Å². The van der Waals surface area contributed by atoms with E-state index in [2.05, 4.69) is 15.5 Å². The predicted octanol–water partition coefficient (Wildman–Crippen LogP) is 5.80. The van der Waals surface area contributed by atoms with Gasteiger partial charge in [0.05, 0.1) is 0 Å². The third-order valence-electron chi connectivity index (χ3n) is 4.65. The Morgan fingerprint density at radius 1 is 1.11 bits per heavy atom. The molecule has 1 aliphatic rings. The van der Waals surface area contributed by atoms with Gasteiger partial charge >= 0.3 is 6.03 Å². The minimum atomic E-state index is -0.270. The van der Waals surface area contributed by atoms with Crippen molar-refractivity contribution in [3.8, 4) is 11.4 Å². The predicted molar refractivity (Wildman–Crippen MR) is 109 cm³/mol. The van der Waals surface area contributed by atoms with Crippen LogP contribution in [0.4, 0.5) is 10.5 Å². The monoisotopic (exact) mass is 416 g/mol. The number of rotatable bonds is 3. The number of benzene rings is 2.